The molecule has 0 aromatic heterocycles. The molecular formula is C35H37NO6. The van der Waals surface area contributed by atoms with Crippen LogP contribution in [-0.4, -0.2) is 26.6 Å². The van der Waals surface area contributed by atoms with E-state index in [9.17, 15) is 4.79 Å². The van der Waals surface area contributed by atoms with Crippen molar-refractivity contribution in [3.05, 3.63) is 124 Å². The van der Waals surface area contributed by atoms with Crippen LogP contribution in [0.1, 0.15) is 59.5 Å². The molecule has 0 saturated heterocycles. The number of nitrogens with one attached hydrogen (secondary N) is 1. The number of ether oxygens (including phenoxy) is 5. The van der Waals surface area contributed by atoms with E-state index in [-0.39, 0.29) is 37.6 Å². The van der Waals surface area contributed by atoms with Crippen LogP contribution in [0.5, 0.6) is 17.2 Å². The highest BCUT2D eigenvalue weighted by Crippen LogP contribution is 2.38. The third-order valence-electron chi connectivity index (χ3n) is 7.03. The summed E-state index contributed by atoms with van der Waals surface area (Å²) in [6.45, 7) is -0.173. The number of methoxy groups -OCH3 is 2. The number of hydrogen-bond acceptors (Lipinski definition) is 7. The van der Waals surface area contributed by atoms with E-state index in [1.165, 1.54) is 14.0 Å². The van der Waals surface area contributed by atoms with Crippen molar-refractivity contribution in [2.75, 3.05) is 20.6 Å². The SMILES string of the molecule is [2H]C1([2H])Cc2cc(OC([2H])([2H])[2H])c(OCc3ccccc3)cc2C(Cc2ccc(OC)cc2C(OCc2ccccc2)OC(C)=O)N1. The summed E-state index contributed by atoms with van der Waals surface area (Å²) < 4.78 is 69.2. The molecule has 0 amide bonds. The van der Waals surface area contributed by atoms with Gasteiger partial charge in [-0.2, -0.15) is 0 Å². The molecule has 0 aliphatic carbocycles. The molecule has 2 atom stereocenters. The van der Waals surface area contributed by atoms with Gasteiger partial charge in [-0.1, -0.05) is 66.7 Å². The third-order valence-corrected chi connectivity index (χ3v) is 7.03. The van der Waals surface area contributed by atoms with Crippen molar-refractivity contribution in [3.63, 3.8) is 0 Å². The number of aryl methyl sites for hydroxylation is 1. The summed E-state index contributed by atoms with van der Waals surface area (Å²) in [5.41, 5.74) is 4.34. The van der Waals surface area contributed by atoms with Gasteiger partial charge in [0.25, 0.3) is 0 Å². The largest absolute Gasteiger partial charge is 0.497 e. The molecule has 0 radical (unpaired) electrons. The molecule has 42 heavy (non-hydrogen) atoms. The smallest absolute Gasteiger partial charge is 0.305 e. The lowest BCUT2D eigenvalue weighted by atomic mass is 9.88. The van der Waals surface area contributed by atoms with Crippen LogP contribution in [0.15, 0.2) is 91.0 Å². The predicted octanol–water partition coefficient (Wildman–Crippen LogP) is 6.49. The van der Waals surface area contributed by atoms with Gasteiger partial charge in [-0.3, -0.25) is 4.79 Å². The van der Waals surface area contributed by atoms with Crippen LogP contribution in [-0.2, 0) is 40.3 Å². The van der Waals surface area contributed by atoms with Crippen molar-refractivity contribution >= 4 is 5.97 Å². The molecule has 4 aromatic carbocycles. The van der Waals surface area contributed by atoms with E-state index in [4.69, 9.17) is 30.5 Å². The average molecular weight is 573 g/mol. The van der Waals surface area contributed by atoms with Gasteiger partial charge in [-0.25, -0.2) is 0 Å². The predicted molar refractivity (Wildman–Crippen MR) is 161 cm³/mol. The second kappa shape index (κ2) is 14.0. The van der Waals surface area contributed by atoms with E-state index in [1.807, 2.05) is 66.7 Å². The lowest BCUT2D eigenvalue weighted by molar-refractivity contribution is -0.181. The Kier molecular flexibility index (Phi) is 7.77. The summed E-state index contributed by atoms with van der Waals surface area (Å²) in [7, 11) is -1.21. The average Bonchev–Trinajstić information content (AvgIpc) is 3.02. The number of carbonyl (C=O) groups is 1. The second-order valence-corrected chi connectivity index (χ2v) is 9.93. The van der Waals surface area contributed by atoms with Gasteiger partial charge in [-0.15, -0.1) is 0 Å². The van der Waals surface area contributed by atoms with Crippen molar-refractivity contribution in [2.45, 2.75) is 45.3 Å². The van der Waals surface area contributed by atoms with Gasteiger partial charge in [0.15, 0.2) is 11.5 Å². The fraction of sp³-hybridized carbons (Fsp3) is 0.286. The maximum Gasteiger partial charge on any atom is 0.305 e. The summed E-state index contributed by atoms with van der Waals surface area (Å²) in [4.78, 5) is 12.2. The Morgan fingerprint density at radius 1 is 0.952 bits per heavy atom. The molecule has 4 aromatic rings. The maximum absolute atomic E-state index is 12.2. The Labute approximate surface area is 254 Å². The monoisotopic (exact) mass is 572 g/mol. The molecular weight excluding hydrogens is 530 g/mol. The van der Waals surface area contributed by atoms with Crippen molar-refractivity contribution in [2.24, 2.45) is 0 Å². The van der Waals surface area contributed by atoms with Crippen LogP contribution in [0, 0.1) is 0 Å². The molecule has 0 bridgehead atoms. The highest BCUT2D eigenvalue weighted by atomic mass is 16.7. The Morgan fingerprint density at radius 3 is 2.38 bits per heavy atom. The number of esters is 1. The normalized spacial score (nSPS) is 18.1. The van der Waals surface area contributed by atoms with Crippen LogP contribution < -0.4 is 19.5 Å². The van der Waals surface area contributed by atoms with E-state index in [0.717, 1.165) is 22.3 Å². The molecule has 7 nitrogen and oxygen atoms in total. The van der Waals surface area contributed by atoms with Gasteiger partial charge in [0.05, 0.1) is 24.9 Å². The van der Waals surface area contributed by atoms with Gasteiger partial charge >= 0.3 is 5.97 Å². The Hall–Kier alpha value is -4.33. The maximum atomic E-state index is 12.2. The molecule has 0 fully saturated rings. The molecule has 5 rings (SSSR count). The van der Waals surface area contributed by atoms with Crippen LogP contribution in [0.25, 0.3) is 0 Å². The first-order chi connectivity index (χ1) is 22.4. The molecule has 2 unspecified atom stereocenters. The molecule has 1 aliphatic rings. The van der Waals surface area contributed by atoms with Gasteiger partial charge in [-0.05, 0) is 71.4 Å². The third kappa shape index (κ3) is 7.29. The highest BCUT2D eigenvalue weighted by Gasteiger charge is 2.27. The minimum Gasteiger partial charge on any atom is -0.497 e. The molecule has 1 N–H and O–H groups in total. The van der Waals surface area contributed by atoms with E-state index in [0.29, 0.717) is 16.9 Å². The van der Waals surface area contributed by atoms with E-state index in [1.54, 1.807) is 24.3 Å². The zero-order valence-electron chi connectivity index (χ0n) is 28.6. The zero-order chi connectivity index (χ0) is 33.6. The fourth-order valence-electron chi connectivity index (χ4n) is 4.94. The van der Waals surface area contributed by atoms with E-state index in [2.05, 4.69) is 5.32 Å². The molecule has 0 spiro atoms. The lowest BCUT2D eigenvalue weighted by Gasteiger charge is -2.30. The standard InChI is InChI=1S/C35H37NO6/c1-24(37)42-35(41-23-26-12-8-5-9-13-26)31-20-29(38-2)15-14-27(31)18-32-30-21-34(40-22-25-10-6-4-7-11-25)33(39-3)19-28(30)16-17-36-32/h4-15,19-21,32,35-36H,16-18,22-23H2,1-3H3/i3D3,17D2. The number of fused-ring (bicyclic) bond motifs is 1. The molecule has 1 aliphatic heterocycles. The number of benzene rings is 4. The summed E-state index contributed by atoms with van der Waals surface area (Å²) in [6.07, 6.45) is -0.839. The van der Waals surface area contributed by atoms with E-state index >= 15 is 0 Å². The first kappa shape index (κ1) is 23.3. The zero-order valence-corrected chi connectivity index (χ0v) is 23.6. The first-order valence-corrected chi connectivity index (χ1v) is 13.7. The first-order valence-electron chi connectivity index (χ1n) is 16.2. The lowest BCUT2D eigenvalue weighted by Crippen LogP contribution is -2.31. The number of carbonyl (C=O) groups excluding carboxylic acids is 1. The van der Waals surface area contributed by atoms with Crippen LogP contribution >= 0.6 is 0 Å². The van der Waals surface area contributed by atoms with Crippen molar-refractivity contribution in [3.8, 4) is 17.2 Å². The summed E-state index contributed by atoms with van der Waals surface area (Å²) in [6, 6.07) is 27.0. The van der Waals surface area contributed by atoms with Crippen molar-refractivity contribution in [1.82, 2.24) is 5.32 Å². The van der Waals surface area contributed by atoms with Gasteiger partial charge < -0.3 is 29.0 Å². The van der Waals surface area contributed by atoms with Gasteiger partial charge in [0.2, 0.25) is 6.29 Å². The minimum absolute atomic E-state index is 0.00509. The summed E-state index contributed by atoms with van der Waals surface area (Å²) >= 11 is 0. The van der Waals surface area contributed by atoms with Gasteiger partial charge in [0, 0.05) is 21.3 Å². The Morgan fingerprint density at radius 2 is 1.69 bits per heavy atom. The van der Waals surface area contributed by atoms with E-state index < -0.39 is 31.8 Å². The highest BCUT2D eigenvalue weighted by molar-refractivity contribution is 5.66. The quantitative estimate of drug-likeness (QED) is 0.154. The number of rotatable bonds is 12. The molecule has 0 saturated carbocycles. The molecule has 1 heterocycles. The molecule has 218 valence electrons. The van der Waals surface area contributed by atoms with Crippen LogP contribution in [0.4, 0.5) is 0 Å². The Balaban J connectivity index is 1.52. The number of hydrogen-bond donors (Lipinski definition) is 1. The second-order valence-electron chi connectivity index (χ2n) is 9.93. The topological polar surface area (TPSA) is 75.2 Å². The summed E-state index contributed by atoms with van der Waals surface area (Å²) in [5.74, 6) is 0.221. The Bertz CT molecular complexity index is 1670. The fourth-order valence-corrected chi connectivity index (χ4v) is 4.94. The van der Waals surface area contributed by atoms with Crippen LogP contribution in [0.2, 0.25) is 0 Å². The van der Waals surface area contributed by atoms with Crippen molar-refractivity contribution < 1.29 is 35.3 Å². The molecule has 7 heteroatoms. The summed E-state index contributed by atoms with van der Waals surface area (Å²) in [5, 5.41) is 3.11. The van der Waals surface area contributed by atoms with Crippen LogP contribution in [0.3, 0.4) is 0 Å². The van der Waals surface area contributed by atoms with Gasteiger partial charge in [0.1, 0.15) is 12.4 Å². The minimum atomic E-state index is -2.74. The van der Waals surface area contributed by atoms with Crippen molar-refractivity contribution in [1.29, 1.82) is 0 Å².